The number of rotatable bonds is 9. The van der Waals surface area contributed by atoms with Crippen molar-refractivity contribution in [2.24, 2.45) is 0 Å². The highest BCUT2D eigenvalue weighted by molar-refractivity contribution is 5.94. The van der Waals surface area contributed by atoms with Gasteiger partial charge in [0, 0.05) is 22.2 Å². The van der Waals surface area contributed by atoms with Gasteiger partial charge in [0.2, 0.25) is 5.91 Å². The van der Waals surface area contributed by atoms with Crippen LogP contribution in [-0.2, 0) is 29.1 Å². The first-order valence-electron chi connectivity index (χ1n) is 12.3. The number of aliphatic hydroxyl groups is 1. The zero-order valence-corrected chi connectivity index (χ0v) is 21.8. The first-order chi connectivity index (χ1) is 18.7. The highest BCUT2D eigenvalue weighted by Crippen LogP contribution is 2.36. The second-order valence-corrected chi connectivity index (χ2v) is 10.1. The van der Waals surface area contributed by atoms with E-state index in [4.69, 9.17) is 0 Å². The molecular formula is C28H27F5N4O3. The van der Waals surface area contributed by atoms with E-state index in [9.17, 15) is 31.9 Å². The van der Waals surface area contributed by atoms with Gasteiger partial charge < -0.3 is 15.2 Å². The summed E-state index contributed by atoms with van der Waals surface area (Å²) in [7, 11) is 0. The van der Waals surface area contributed by atoms with Crippen LogP contribution in [0, 0.1) is 0 Å². The fraction of sp³-hybridized carbons (Fsp3) is 0.321. The van der Waals surface area contributed by atoms with E-state index in [0.717, 1.165) is 6.92 Å². The van der Waals surface area contributed by atoms with Gasteiger partial charge in [0.25, 0.3) is 5.92 Å². The van der Waals surface area contributed by atoms with E-state index in [2.05, 4.69) is 20.4 Å². The standard InChI is InChI=1S/C28H27F5N4O3/c1-17(38)27(29,30)19-10-8-18(9-11-19)14-25(39)34-20-12-13-23-22(15-20)35-36-37(23)16-26(2,3)21-6-4-5-7-24(21)40-28(31,32)33/h4-13,15,17,38H,14,16H2,1-3H3,(H,34,39). The maximum atomic E-state index is 14.0. The summed E-state index contributed by atoms with van der Waals surface area (Å²) in [6, 6.07) is 16.0. The molecule has 0 saturated carbocycles. The van der Waals surface area contributed by atoms with Crippen molar-refractivity contribution in [1.29, 1.82) is 0 Å². The molecule has 1 atom stereocenters. The number of para-hydroxylation sites is 1. The van der Waals surface area contributed by atoms with Crippen molar-refractivity contribution < 1.29 is 36.6 Å². The van der Waals surface area contributed by atoms with Gasteiger partial charge in [0.05, 0.1) is 18.5 Å². The number of amides is 1. The zero-order valence-electron chi connectivity index (χ0n) is 21.8. The topological polar surface area (TPSA) is 89.3 Å². The molecule has 12 heteroatoms. The van der Waals surface area contributed by atoms with E-state index >= 15 is 0 Å². The van der Waals surface area contributed by atoms with Crippen molar-refractivity contribution in [2.45, 2.75) is 57.5 Å². The van der Waals surface area contributed by atoms with Gasteiger partial charge in [-0.3, -0.25) is 4.79 Å². The van der Waals surface area contributed by atoms with E-state index in [1.807, 2.05) is 0 Å². The Bertz CT molecular complexity index is 1500. The third-order valence-electron chi connectivity index (χ3n) is 6.41. The number of hydrogen-bond acceptors (Lipinski definition) is 5. The quantitative estimate of drug-likeness (QED) is 0.246. The van der Waals surface area contributed by atoms with Crippen molar-refractivity contribution in [1.82, 2.24) is 15.0 Å². The summed E-state index contributed by atoms with van der Waals surface area (Å²) in [5.41, 5.74) is 1.19. The molecule has 4 aromatic rings. The summed E-state index contributed by atoms with van der Waals surface area (Å²) in [6.07, 6.45) is -6.75. The number of ether oxygens (including phenoxy) is 1. The van der Waals surface area contributed by atoms with Crippen LogP contribution in [0.3, 0.4) is 0 Å². The molecule has 0 bridgehead atoms. The van der Waals surface area contributed by atoms with Gasteiger partial charge in [-0.25, -0.2) is 4.68 Å². The summed E-state index contributed by atoms with van der Waals surface area (Å²) >= 11 is 0. The van der Waals surface area contributed by atoms with Crippen molar-refractivity contribution in [3.63, 3.8) is 0 Å². The van der Waals surface area contributed by atoms with Gasteiger partial charge in [0.1, 0.15) is 17.4 Å². The molecule has 0 aliphatic carbocycles. The Morgan fingerprint density at radius 3 is 2.35 bits per heavy atom. The van der Waals surface area contributed by atoms with Crippen LogP contribution in [0.15, 0.2) is 66.7 Å². The predicted octanol–water partition coefficient (Wildman–Crippen LogP) is 5.96. The maximum Gasteiger partial charge on any atom is 0.573 e. The lowest BCUT2D eigenvalue weighted by molar-refractivity contribution is -0.275. The summed E-state index contributed by atoms with van der Waals surface area (Å²) in [5, 5.41) is 20.3. The van der Waals surface area contributed by atoms with Gasteiger partial charge in [-0.05, 0) is 36.8 Å². The normalized spacial score (nSPS) is 13.3. The minimum atomic E-state index is -4.83. The first kappa shape index (κ1) is 28.9. The second-order valence-electron chi connectivity index (χ2n) is 10.1. The Morgan fingerprint density at radius 1 is 1.02 bits per heavy atom. The molecule has 0 saturated heterocycles. The number of aliphatic hydroxyl groups excluding tert-OH is 1. The number of nitrogens with zero attached hydrogens (tertiary/aromatic N) is 3. The molecule has 0 spiro atoms. The number of halogens is 5. The predicted molar refractivity (Wildman–Crippen MR) is 138 cm³/mol. The molecule has 2 N–H and O–H groups in total. The Balaban J connectivity index is 1.45. The molecule has 0 radical (unpaired) electrons. The van der Waals surface area contributed by atoms with Crippen LogP contribution >= 0.6 is 0 Å². The minimum Gasteiger partial charge on any atom is -0.405 e. The number of carbonyl (C=O) groups is 1. The van der Waals surface area contributed by atoms with Crippen LogP contribution in [0.2, 0.25) is 0 Å². The third kappa shape index (κ3) is 6.56. The third-order valence-corrected chi connectivity index (χ3v) is 6.41. The molecule has 4 rings (SSSR count). The summed E-state index contributed by atoms with van der Waals surface area (Å²) < 4.78 is 72.4. The summed E-state index contributed by atoms with van der Waals surface area (Å²) in [4.78, 5) is 12.6. The number of fused-ring (bicyclic) bond motifs is 1. The lowest BCUT2D eigenvalue weighted by atomic mass is 9.84. The second kappa shape index (κ2) is 10.8. The fourth-order valence-electron chi connectivity index (χ4n) is 4.34. The van der Waals surface area contributed by atoms with Crippen LogP contribution in [0.25, 0.3) is 11.0 Å². The summed E-state index contributed by atoms with van der Waals surface area (Å²) in [5.74, 6) is -4.08. The maximum absolute atomic E-state index is 14.0. The van der Waals surface area contributed by atoms with Gasteiger partial charge in [0.15, 0.2) is 0 Å². The number of benzene rings is 3. The summed E-state index contributed by atoms with van der Waals surface area (Å²) in [6.45, 7) is 4.74. The number of carbonyl (C=O) groups excluding carboxylic acids is 1. The monoisotopic (exact) mass is 562 g/mol. The van der Waals surface area contributed by atoms with Crippen molar-refractivity contribution in [2.75, 3.05) is 5.32 Å². The van der Waals surface area contributed by atoms with E-state index < -0.39 is 23.8 Å². The zero-order chi connectivity index (χ0) is 29.3. The Morgan fingerprint density at radius 2 is 1.70 bits per heavy atom. The largest absolute Gasteiger partial charge is 0.573 e. The van der Waals surface area contributed by atoms with Crippen LogP contribution in [0.1, 0.15) is 37.5 Å². The number of nitrogens with one attached hydrogen (secondary N) is 1. The molecule has 1 aromatic heterocycles. The van der Waals surface area contributed by atoms with E-state index in [1.165, 1.54) is 36.4 Å². The van der Waals surface area contributed by atoms with Gasteiger partial charge in [-0.2, -0.15) is 8.78 Å². The van der Waals surface area contributed by atoms with Crippen LogP contribution in [0.4, 0.5) is 27.6 Å². The van der Waals surface area contributed by atoms with Crippen molar-refractivity contribution >= 4 is 22.6 Å². The molecule has 0 fully saturated rings. The minimum absolute atomic E-state index is 0.0706. The lowest BCUT2D eigenvalue weighted by Gasteiger charge is -2.27. The van der Waals surface area contributed by atoms with Crippen molar-refractivity contribution in [3.05, 3.63) is 83.4 Å². The number of aromatic nitrogens is 3. The molecule has 1 amide bonds. The van der Waals surface area contributed by atoms with Gasteiger partial charge in [-0.15, -0.1) is 18.3 Å². The Hall–Kier alpha value is -4.06. The molecule has 0 aliphatic heterocycles. The molecule has 40 heavy (non-hydrogen) atoms. The number of hydrogen-bond donors (Lipinski definition) is 2. The van der Waals surface area contributed by atoms with Crippen molar-refractivity contribution in [3.8, 4) is 5.75 Å². The molecule has 212 valence electrons. The SMILES string of the molecule is CC(O)C(F)(F)c1ccc(CC(=O)Nc2ccc3c(c2)nnn3CC(C)(C)c2ccccc2OC(F)(F)F)cc1. The Kier molecular flexibility index (Phi) is 7.84. The van der Waals surface area contributed by atoms with E-state index in [0.29, 0.717) is 27.8 Å². The Labute approximate surface area is 226 Å². The highest BCUT2D eigenvalue weighted by Gasteiger charge is 2.37. The van der Waals surface area contributed by atoms with Gasteiger partial charge in [-0.1, -0.05) is 61.5 Å². The average Bonchev–Trinajstić information content (AvgIpc) is 3.24. The molecule has 3 aromatic carbocycles. The number of alkyl halides is 5. The molecule has 7 nitrogen and oxygen atoms in total. The molecule has 0 aliphatic rings. The number of anilines is 1. The molecular weight excluding hydrogens is 535 g/mol. The van der Waals surface area contributed by atoms with E-state index in [-0.39, 0.29) is 30.2 Å². The van der Waals surface area contributed by atoms with Crippen LogP contribution in [-0.4, -0.2) is 38.5 Å². The van der Waals surface area contributed by atoms with E-state index in [1.54, 1.807) is 48.9 Å². The molecule has 1 unspecified atom stereocenters. The smallest absolute Gasteiger partial charge is 0.405 e. The first-order valence-corrected chi connectivity index (χ1v) is 12.3. The van der Waals surface area contributed by atoms with Crippen LogP contribution < -0.4 is 10.1 Å². The average molecular weight is 563 g/mol. The highest BCUT2D eigenvalue weighted by atomic mass is 19.4. The molecule has 1 heterocycles. The fourth-order valence-corrected chi connectivity index (χ4v) is 4.34. The lowest BCUT2D eigenvalue weighted by Crippen LogP contribution is -2.27. The van der Waals surface area contributed by atoms with Gasteiger partial charge >= 0.3 is 6.36 Å². The van der Waals surface area contributed by atoms with Crippen LogP contribution in [0.5, 0.6) is 5.75 Å².